The molecule has 6 nitrogen and oxygen atoms in total. The number of benzene rings is 2. The first-order valence-corrected chi connectivity index (χ1v) is 11.9. The number of ether oxygens (including phenoxy) is 1. The molecule has 3 atom stereocenters. The number of fused-ring (bicyclic) bond motifs is 2. The minimum atomic E-state index is -1.12. The van der Waals surface area contributed by atoms with E-state index in [0.717, 1.165) is 59.9 Å². The van der Waals surface area contributed by atoms with Gasteiger partial charge in [-0.05, 0) is 56.4 Å². The Morgan fingerprint density at radius 1 is 1.24 bits per heavy atom. The highest BCUT2D eigenvalue weighted by molar-refractivity contribution is 5.88. The number of halogens is 1. The first-order valence-electron chi connectivity index (χ1n) is 11.9. The van der Waals surface area contributed by atoms with Crippen molar-refractivity contribution >= 4 is 11.7 Å². The van der Waals surface area contributed by atoms with E-state index in [9.17, 15) is 9.18 Å². The molecule has 1 saturated heterocycles. The van der Waals surface area contributed by atoms with Crippen molar-refractivity contribution in [3.8, 4) is 11.3 Å². The van der Waals surface area contributed by atoms with E-state index in [1.807, 2.05) is 12.1 Å². The van der Waals surface area contributed by atoms with Crippen LogP contribution in [-0.4, -0.2) is 34.9 Å². The van der Waals surface area contributed by atoms with E-state index in [1.165, 1.54) is 6.07 Å². The van der Waals surface area contributed by atoms with Gasteiger partial charge in [0.05, 0.1) is 24.0 Å². The number of hydrogen-bond acceptors (Lipinski definition) is 5. The fourth-order valence-corrected chi connectivity index (χ4v) is 5.65. The van der Waals surface area contributed by atoms with Gasteiger partial charge in [0.25, 0.3) is 0 Å². The van der Waals surface area contributed by atoms with Crippen molar-refractivity contribution < 1.29 is 23.6 Å². The predicted molar refractivity (Wildman–Crippen MR) is 124 cm³/mol. The van der Waals surface area contributed by atoms with E-state index in [4.69, 9.17) is 14.4 Å². The second-order valence-electron chi connectivity index (χ2n) is 9.82. The standard InChI is InChI=1S/C27H27FN2O4/c1-15-4-2-3-5-20(15)25-21(26(34-29-25)16-6-7-16)14-33-24-12-19-10-18(24)13-30(19)23-9-8-17(27(31)32)11-22(23)28/h2-5,8-9,11,16,18-19,24H,6-7,10,12-14H2,1H3,(H,31,32)/t18-,19-,24+/m0/s1. The first kappa shape index (κ1) is 21.4. The second-order valence-corrected chi connectivity index (χ2v) is 9.82. The number of aromatic nitrogens is 1. The number of hydrogen-bond donors (Lipinski definition) is 1. The molecule has 0 unspecified atom stereocenters. The highest BCUT2D eigenvalue weighted by Crippen LogP contribution is 2.46. The summed E-state index contributed by atoms with van der Waals surface area (Å²) in [6.07, 6.45) is 4.15. The third-order valence-electron chi connectivity index (χ3n) is 7.59. The van der Waals surface area contributed by atoms with Crippen molar-refractivity contribution in [1.82, 2.24) is 5.16 Å². The average Bonchev–Trinajstić information content (AvgIpc) is 3.28. The summed E-state index contributed by atoms with van der Waals surface area (Å²) >= 11 is 0. The van der Waals surface area contributed by atoms with Crippen LogP contribution in [-0.2, 0) is 11.3 Å². The van der Waals surface area contributed by atoms with Crippen LogP contribution >= 0.6 is 0 Å². The molecule has 176 valence electrons. The van der Waals surface area contributed by atoms with Crippen LogP contribution in [0.2, 0.25) is 0 Å². The highest BCUT2D eigenvalue weighted by atomic mass is 19.1. The Kier molecular flexibility index (Phi) is 5.17. The molecule has 0 amide bonds. The molecule has 3 fully saturated rings. The van der Waals surface area contributed by atoms with Gasteiger partial charge in [0.2, 0.25) is 0 Å². The average molecular weight is 463 g/mol. The van der Waals surface area contributed by atoms with Crippen LogP contribution < -0.4 is 4.90 Å². The molecule has 2 heterocycles. The molecule has 0 radical (unpaired) electrons. The van der Waals surface area contributed by atoms with E-state index < -0.39 is 11.8 Å². The molecule has 2 bridgehead atoms. The molecule has 3 aliphatic rings. The number of rotatable bonds is 7. The van der Waals surface area contributed by atoms with E-state index >= 15 is 0 Å². The molecular formula is C27H27FN2O4. The first-order chi connectivity index (χ1) is 16.5. The van der Waals surface area contributed by atoms with Crippen molar-refractivity contribution in [1.29, 1.82) is 0 Å². The Hall–Kier alpha value is -3.19. The topological polar surface area (TPSA) is 75.8 Å². The molecule has 34 heavy (non-hydrogen) atoms. The molecule has 1 aromatic heterocycles. The molecular weight excluding hydrogens is 435 g/mol. The van der Waals surface area contributed by atoms with E-state index in [0.29, 0.717) is 30.7 Å². The number of carboxylic acids is 1. The Morgan fingerprint density at radius 2 is 2.06 bits per heavy atom. The number of piperidine rings is 1. The summed E-state index contributed by atoms with van der Waals surface area (Å²) in [5.41, 5.74) is 4.63. The summed E-state index contributed by atoms with van der Waals surface area (Å²) in [5, 5.41) is 13.5. The number of nitrogens with zero attached hydrogens (tertiary/aromatic N) is 2. The number of aromatic carboxylic acids is 1. The Labute approximate surface area is 197 Å². The third-order valence-corrected chi connectivity index (χ3v) is 7.59. The van der Waals surface area contributed by atoms with Crippen LogP contribution in [0.3, 0.4) is 0 Å². The summed E-state index contributed by atoms with van der Waals surface area (Å²) in [6, 6.07) is 12.6. The van der Waals surface area contributed by atoms with Gasteiger partial charge in [0, 0.05) is 35.5 Å². The summed E-state index contributed by atoms with van der Waals surface area (Å²) in [4.78, 5) is 13.2. The van der Waals surface area contributed by atoms with Crippen LogP contribution in [0.15, 0.2) is 47.0 Å². The van der Waals surface area contributed by atoms with Gasteiger partial charge in [0.15, 0.2) is 0 Å². The van der Waals surface area contributed by atoms with Gasteiger partial charge < -0.3 is 19.3 Å². The smallest absolute Gasteiger partial charge is 0.335 e. The molecule has 3 aromatic rings. The minimum absolute atomic E-state index is 0.0311. The van der Waals surface area contributed by atoms with Gasteiger partial charge in [0.1, 0.15) is 17.3 Å². The van der Waals surface area contributed by atoms with Gasteiger partial charge in [-0.25, -0.2) is 9.18 Å². The normalized spacial score (nSPS) is 23.6. The lowest BCUT2D eigenvalue weighted by atomic mass is 10.0. The summed E-state index contributed by atoms with van der Waals surface area (Å²) in [5.74, 6) is 0.118. The van der Waals surface area contributed by atoms with Crippen LogP contribution in [0.5, 0.6) is 0 Å². The molecule has 2 aliphatic carbocycles. The van der Waals surface area contributed by atoms with Gasteiger partial charge in [-0.2, -0.15) is 0 Å². The zero-order valence-electron chi connectivity index (χ0n) is 19.0. The van der Waals surface area contributed by atoms with Gasteiger partial charge in [-0.15, -0.1) is 0 Å². The molecule has 1 N–H and O–H groups in total. The van der Waals surface area contributed by atoms with Gasteiger partial charge in [-0.3, -0.25) is 0 Å². The molecule has 0 spiro atoms. The Bertz CT molecular complexity index is 1250. The zero-order valence-corrected chi connectivity index (χ0v) is 19.0. The summed E-state index contributed by atoms with van der Waals surface area (Å²) < 4.78 is 26.9. The lowest BCUT2D eigenvalue weighted by molar-refractivity contribution is 0.0122. The maximum atomic E-state index is 14.6. The lowest BCUT2D eigenvalue weighted by Gasteiger charge is -2.33. The van der Waals surface area contributed by atoms with E-state index in [-0.39, 0.29) is 17.7 Å². The minimum Gasteiger partial charge on any atom is -0.478 e. The quantitative estimate of drug-likeness (QED) is 0.496. The second kappa shape index (κ2) is 8.24. The summed E-state index contributed by atoms with van der Waals surface area (Å²) in [7, 11) is 0. The number of anilines is 1. The van der Waals surface area contributed by atoms with E-state index in [1.54, 1.807) is 6.07 Å². The fraction of sp³-hybridized carbons (Fsp3) is 0.407. The maximum Gasteiger partial charge on any atom is 0.335 e. The molecule has 6 rings (SSSR count). The monoisotopic (exact) mass is 462 g/mol. The third kappa shape index (κ3) is 3.68. The fourth-order valence-electron chi connectivity index (χ4n) is 5.65. The van der Waals surface area contributed by atoms with Crippen LogP contribution in [0, 0.1) is 18.7 Å². The summed E-state index contributed by atoms with van der Waals surface area (Å²) in [6.45, 7) is 3.26. The number of aryl methyl sites for hydroxylation is 1. The molecule has 1 aliphatic heterocycles. The molecule has 2 aromatic carbocycles. The largest absolute Gasteiger partial charge is 0.478 e. The van der Waals surface area contributed by atoms with Crippen molar-refractivity contribution in [3.05, 3.63) is 70.7 Å². The Balaban J connectivity index is 1.17. The SMILES string of the molecule is Cc1ccccc1-c1noc(C2CC2)c1CO[C@@H]1C[C@@H]2C[C@H]1CN2c1ccc(C(=O)O)cc1F. The highest BCUT2D eigenvalue weighted by Gasteiger charge is 2.46. The van der Waals surface area contributed by atoms with Crippen molar-refractivity contribution in [2.75, 3.05) is 11.4 Å². The van der Waals surface area contributed by atoms with Gasteiger partial charge in [-0.1, -0.05) is 29.4 Å². The molecule has 7 heteroatoms. The van der Waals surface area contributed by atoms with Crippen molar-refractivity contribution in [2.45, 2.75) is 57.3 Å². The predicted octanol–water partition coefficient (Wildman–Crippen LogP) is 5.55. The van der Waals surface area contributed by atoms with Gasteiger partial charge >= 0.3 is 5.97 Å². The van der Waals surface area contributed by atoms with Crippen molar-refractivity contribution in [2.24, 2.45) is 5.92 Å². The van der Waals surface area contributed by atoms with Crippen LogP contribution in [0.1, 0.15) is 58.8 Å². The lowest BCUT2D eigenvalue weighted by Crippen LogP contribution is -2.39. The van der Waals surface area contributed by atoms with Crippen LogP contribution in [0.4, 0.5) is 10.1 Å². The number of carboxylic acid groups (broad SMARTS) is 1. The number of carbonyl (C=O) groups is 1. The maximum absolute atomic E-state index is 14.6. The molecule has 2 saturated carbocycles. The zero-order chi connectivity index (χ0) is 23.4. The van der Waals surface area contributed by atoms with Crippen LogP contribution in [0.25, 0.3) is 11.3 Å². The van der Waals surface area contributed by atoms with Crippen molar-refractivity contribution in [3.63, 3.8) is 0 Å². The van der Waals surface area contributed by atoms with E-state index in [2.05, 4.69) is 29.1 Å². The Morgan fingerprint density at radius 3 is 2.74 bits per heavy atom.